The summed E-state index contributed by atoms with van der Waals surface area (Å²) in [5, 5.41) is 5.17. The van der Waals surface area contributed by atoms with E-state index in [0.717, 1.165) is 24.1 Å². The number of nitrogens with two attached hydrogens (primary N) is 1. The van der Waals surface area contributed by atoms with Gasteiger partial charge < -0.3 is 20.5 Å². The summed E-state index contributed by atoms with van der Waals surface area (Å²) in [6.07, 6.45) is 1.45. The first-order valence-corrected chi connectivity index (χ1v) is 7.72. The average molecular weight is 319 g/mol. The number of thiazole rings is 1. The molecule has 6 nitrogen and oxygen atoms in total. The summed E-state index contributed by atoms with van der Waals surface area (Å²) in [5.41, 5.74) is 6.69. The molecule has 1 fully saturated rings. The van der Waals surface area contributed by atoms with Crippen LogP contribution in [0.1, 0.15) is 12.8 Å². The molecule has 0 unspecified atom stereocenters. The van der Waals surface area contributed by atoms with Crippen LogP contribution in [0.5, 0.6) is 11.5 Å². The Morgan fingerprint density at radius 1 is 1.36 bits per heavy atom. The normalized spacial score (nSPS) is 15.2. The van der Waals surface area contributed by atoms with Crippen LogP contribution < -0.4 is 20.5 Å². The molecule has 0 atom stereocenters. The van der Waals surface area contributed by atoms with Gasteiger partial charge in [-0.2, -0.15) is 0 Å². The molecule has 1 aliphatic rings. The van der Waals surface area contributed by atoms with Crippen LogP contribution in [-0.2, 0) is 4.79 Å². The number of carbonyl (C=O) groups is 1. The van der Waals surface area contributed by atoms with Crippen molar-refractivity contribution in [2.45, 2.75) is 18.4 Å². The second-order valence-electron chi connectivity index (χ2n) is 5.21. The zero-order chi connectivity index (χ0) is 15.7. The summed E-state index contributed by atoms with van der Waals surface area (Å²) >= 11 is 1.35. The molecule has 1 aliphatic carbocycles. The highest BCUT2D eigenvalue weighted by molar-refractivity contribution is 7.14. The molecule has 0 spiro atoms. The van der Waals surface area contributed by atoms with Crippen LogP contribution in [0, 0.1) is 0 Å². The van der Waals surface area contributed by atoms with E-state index in [-0.39, 0.29) is 5.91 Å². The number of benzene rings is 1. The zero-order valence-corrected chi connectivity index (χ0v) is 13.2. The Kier molecular flexibility index (Phi) is 3.76. The third kappa shape index (κ3) is 2.77. The second-order valence-corrected chi connectivity index (χ2v) is 6.07. The van der Waals surface area contributed by atoms with E-state index in [0.29, 0.717) is 16.6 Å². The highest BCUT2D eigenvalue weighted by Crippen LogP contribution is 2.36. The van der Waals surface area contributed by atoms with Crippen molar-refractivity contribution in [1.29, 1.82) is 0 Å². The first-order valence-electron chi connectivity index (χ1n) is 6.84. The lowest BCUT2D eigenvalue weighted by Gasteiger charge is -2.09. The van der Waals surface area contributed by atoms with Gasteiger partial charge in [0.1, 0.15) is 11.5 Å². The van der Waals surface area contributed by atoms with Crippen LogP contribution in [0.4, 0.5) is 5.13 Å². The molecule has 1 aromatic carbocycles. The fraction of sp³-hybridized carbons (Fsp3) is 0.333. The third-order valence-corrected chi connectivity index (χ3v) is 4.41. The van der Waals surface area contributed by atoms with E-state index in [1.807, 2.05) is 23.6 Å². The van der Waals surface area contributed by atoms with Crippen molar-refractivity contribution >= 4 is 22.4 Å². The zero-order valence-electron chi connectivity index (χ0n) is 12.4. The molecule has 1 saturated carbocycles. The number of methoxy groups -OCH3 is 2. The van der Waals surface area contributed by atoms with Crippen LogP contribution >= 0.6 is 11.3 Å². The van der Waals surface area contributed by atoms with Gasteiger partial charge in [-0.25, -0.2) is 4.98 Å². The van der Waals surface area contributed by atoms with Gasteiger partial charge in [-0.05, 0) is 31.0 Å². The van der Waals surface area contributed by atoms with Crippen LogP contribution in [0.15, 0.2) is 23.6 Å². The maximum atomic E-state index is 12.0. The van der Waals surface area contributed by atoms with E-state index in [4.69, 9.17) is 15.2 Å². The third-order valence-electron chi connectivity index (χ3n) is 3.65. The molecule has 3 rings (SSSR count). The standard InChI is InChI=1S/C15H17N3O3S/c1-20-9-3-4-12(21-2)10(7-9)11-8-22-14(17-11)18-13(19)15(16)5-6-15/h3-4,7-8H,5-6,16H2,1-2H3,(H,17,18,19). The fourth-order valence-corrected chi connectivity index (χ4v) is 2.76. The summed E-state index contributed by atoms with van der Waals surface area (Å²) < 4.78 is 10.6. The van der Waals surface area contributed by atoms with Crippen molar-refractivity contribution in [1.82, 2.24) is 4.98 Å². The van der Waals surface area contributed by atoms with Crippen molar-refractivity contribution in [2.24, 2.45) is 5.73 Å². The number of ether oxygens (including phenoxy) is 2. The van der Waals surface area contributed by atoms with Gasteiger partial charge in [-0.3, -0.25) is 4.79 Å². The maximum absolute atomic E-state index is 12.0. The topological polar surface area (TPSA) is 86.5 Å². The smallest absolute Gasteiger partial charge is 0.246 e. The molecule has 116 valence electrons. The van der Waals surface area contributed by atoms with Crippen molar-refractivity contribution < 1.29 is 14.3 Å². The summed E-state index contributed by atoms with van der Waals surface area (Å²) in [6.45, 7) is 0. The Morgan fingerprint density at radius 2 is 2.14 bits per heavy atom. The van der Waals surface area contributed by atoms with Gasteiger partial charge in [-0.15, -0.1) is 11.3 Å². The number of hydrogen-bond donors (Lipinski definition) is 2. The molecule has 1 aromatic heterocycles. The van der Waals surface area contributed by atoms with Crippen molar-refractivity contribution in [3.63, 3.8) is 0 Å². The number of carbonyl (C=O) groups excluding carboxylic acids is 1. The minimum absolute atomic E-state index is 0.175. The van der Waals surface area contributed by atoms with Gasteiger partial charge in [-0.1, -0.05) is 0 Å². The van der Waals surface area contributed by atoms with Gasteiger partial charge in [0.25, 0.3) is 0 Å². The largest absolute Gasteiger partial charge is 0.497 e. The molecule has 0 radical (unpaired) electrons. The van der Waals surface area contributed by atoms with Crippen LogP contribution in [0.3, 0.4) is 0 Å². The summed E-state index contributed by atoms with van der Waals surface area (Å²) in [4.78, 5) is 16.4. The van der Waals surface area contributed by atoms with E-state index in [1.165, 1.54) is 11.3 Å². The van der Waals surface area contributed by atoms with Gasteiger partial charge in [0.05, 0.1) is 25.5 Å². The molecule has 1 heterocycles. The van der Waals surface area contributed by atoms with Crippen molar-refractivity contribution in [3.8, 4) is 22.8 Å². The molecule has 0 saturated heterocycles. The van der Waals surface area contributed by atoms with Crippen LogP contribution in [0.2, 0.25) is 0 Å². The number of anilines is 1. The lowest BCUT2D eigenvalue weighted by molar-refractivity contribution is -0.118. The number of rotatable bonds is 5. The van der Waals surface area contributed by atoms with Crippen LogP contribution in [-0.4, -0.2) is 30.6 Å². The Bertz CT molecular complexity index is 710. The highest BCUT2D eigenvalue weighted by atomic mass is 32.1. The fourth-order valence-electron chi connectivity index (χ4n) is 2.05. The predicted octanol–water partition coefficient (Wildman–Crippen LogP) is 2.26. The molecule has 22 heavy (non-hydrogen) atoms. The molecule has 3 N–H and O–H groups in total. The molecule has 0 aliphatic heterocycles. The van der Waals surface area contributed by atoms with Crippen LogP contribution in [0.25, 0.3) is 11.3 Å². The minimum atomic E-state index is -0.709. The van der Waals surface area contributed by atoms with E-state index in [2.05, 4.69) is 10.3 Å². The van der Waals surface area contributed by atoms with E-state index < -0.39 is 5.54 Å². The summed E-state index contributed by atoms with van der Waals surface area (Å²) in [7, 11) is 3.21. The monoisotopic (exact) mass is 319 g/mol. The number of nitrogens with one attached hydrogen (secondary N) is 1. The quantitative estimate of drug-likeness (QED) is 0.883. The number of hydrogen-bond acceptors (Lipinski definition) is 6. The lowest BCUT2D eigenvalue weighted by atomic mass is 10.1. The Labute approximate surface area is 132 Å². The number of amides is 1. The minimum Gasteiger partial charge on any atom is -0.497 e. The molecule has 7 heteroatoms. The summed E-state index contributed by atoms with van der Waals surface area (Å²) in [5.74, 6) is 1.24. The van der Waals surface area contributed by atoms with Crippen molar-refractivity contribution in [3.05, 3.63) is 23.6 Å². The second kappa shape index (κ2) is 5.58. The number of aromatic nitrogens is 1. The van der Waals surface area contributed by atoms with E-state index in [9.17, 15) is 4.79 Å². The molecule has 2 aromatic rings. The lowest BCUT2D eigenvalue weighted by Crippen LogP contribution is -2.37. The maximum Gasteiger partial charge on any atom is 0.246 e. The van der Waals surface area contributed by atoms with E-state index in [1.54, 1.807) is 14.2 Å². The summed E-state index contributed by atoms with van der Waals surface area (Å²) in [6, 6.07) is 5.50. The molecular formula is C15H17N3O3S. The first-order chi connectivity index (χ1) is 10.6. The number of nitrogens with zero attached hydrogens (tertiary/aromatic N) is 1. The Hall–Kier alpha value is -2.12. The Morgan fingerprint density at radius 3 is 2.77 bits per heavy atom. The molecule has 0 bridgehead atoms. The first kappa shape index (κ1) is 14.8. The van der Waals surface area contributed by atoms with Gasteiger partial charge in [0.2, 0.25) is 5.91 Å². The molecular weight excluding hydrogens is 302 g/mol. The van der Waals surface area contributed by atoms with Gasteiger partial charge in [0.15, 0.2) is 5.13 Å². The molecule has 1 amide bonds. The van der Waals surface area contributed by atoms with Gasteiger partial charge >= 0.3 is 0 Å². The Balaban J connectivity index is 1.85. The van der Waals surface area contributed by atoms with E-state index >= 15 is 0 Å². The SMILES string of the molecule is COc1ccc(OC)c(-c2csc(NC(=O)C3(N)CC3)n2)c1. The highest BCUT2D eigenvalue weighted by Gasteiger charge is 2.46. The van der Waals surface area contributed by atoms with Crippen molar-refractivity contribution in [2.75, 3.05) is 19.5 Å². The van der Waals surface area contributed by atoms with Gasteiger partial charge in [0, 0.05) is 10.9 Å². The average Bonchev–Trinajstić information content (AvgIpc) is 3.12. The predicted molar refractivity (Wildman–Crippen MR) is 85.4 cm³/mol.